The molecule has 1 saturated heterocycles. The predicted octanol–water partition coefficient (Wildman–Crippen LogP) is 2.35. The molecule has 142 valence electrons. The Morgan fingerprint density at radius 2 is 1.86 bits per heavy atom. The summed E-state index contributed by atoms with van der Waals surface area (Å²) in [6, 6.07) is 12.4. The maximum Gasteiger partial charge on any atom is 0.240 e. The van der Waals surface area contributed by atoms with E-state index >= 15 is 0 Å². The summed E-state index contributed by atoms with van der Waals surface area (Å²) in [5.74, 6) is 1.82. The number of nitrogens with one attached hydrogen (secondary N) is 2. The highest BCUT2D eigenvalue weighted by atomic mass is 16.5. The third-order valence-electron chi connectivity index (χ3n) is 4.95. The number of nitrogens with zero attached hydrogens (tertiary/aromatic N) is 5. The van der Waals surface area contributed by atoms with Gasteiger partial charge in [0.15, 0.2) is 11.5 Å². The zero-order chi connectivity index (χ0) is 18.9. The number of hydrogen-bond donors (Lipinski definition) is 3. The molecule has 0 spiro atoms. The van der Waals surface area contributed by atoms with Crippen LogP contribution < -0.4 is 11.1 Å². The minimum atomic E-state index is 0.257. The Bertz CT molecular complexity index is 1080. The van der Waals surface area contributed by atoms with Gasteiger partial charge in [-0.1, -0.05) is 24.3 Å². The first-order valence-electron chi connectivity index (χ1n) is 9.24. The number of nitrogen functional groups attached to an aromatic ring is 1. The summed E-state index contributed by atoms with van der Waals surface area (Å²) in [5, 5.41) is 14.9. The number of pyridine rings is 1. The average molecular weight is 376 g/mol. The van der Waals surface area contributed by atoms with Gasteiger partial charge in [0, 0.05) is 30.4 Å². The molecular weight excluding hydrogens is 356 g/mol. The van der Waals surface area contributed by atoms with Crippen molar-refractivity contribution in [2.45, 2.75) is 18.9 Å². The van der Waals surface area contributed by atoms with E-state index in [-0.39, 0.29) is 5.95 Å². The molecule has 0 bridgehead atoms. The van der Waals surface area contributed by atoms with E-state index in [0.717, 1.165) is 48.6 Å². The lowest BCUT2D eigenvalue weighted by atomic mass is 10.0. The van der Waals surface area contributed by atoms with Crippen molar-refractivity contribution in [1.82, 2.24) is 29.8 Å². The molecule has 4 aromatic rings. The van der Waals surface area contributed by atoms with Crippen LogP contribution in [0, 0.1) is 0 Å². The smallest absolute Gasteiger partial charge is 0.240 e. The highest BCUT2D eigenvalue weighted by Crippen LogP contribution is 2.31. The van der Waals surface area contributed by atoms with Crippen molar-refractivity contribution in [3.8, 4) is 22.5 Å². The molecule has 1 aliphatic heterocycles. The largest absolute Gasteiger partial charge is 0.381 e. The molecule has 0 amide bonds. The lowest BCUT2D eigenvalue weighted by Crippen LogP contribution is -2.29. The Balaban J connectivity index is 1.56. The van der Waals surface area contributed by atoms with Crippen LogP contribution in [-0.4, -0.2) is 49.0 Å². The molecule has 1 aromatic carbocycles. The summed E-state index contributed by atoms with van der Waals surface area (Å²) < 4.78 is 7.26. The van der Waals surface area contributed by atoms with Crippen molar-refractivity contribution in [2.24, 2.45) is 0 Å². The van der Waals surface area contributed by atoms with E-state index in [1.807, 2.05) is 24.3 Å². The second-order valence-electron chi connectivity index (χ2n) is 6.77. The van der Waals surface area contributed by atoms with Gasteiger partial charge in [0.1, 0.15) is 12.1 Å². The summed E-state index contributed by atoms with van der Waals surface area (Å²) in [7, 11) is 0. The Labute approximate surface area is 161 Å². The van der Waals surface area contributed by atoms with Gasteiger partial charge in [0.05, 0.1) is 0 Å². The van der Waals surface area contributed by atoms with Gasteiger partial charge in [-0.3, -0.25) is 5.10 Å². The molecule has 28 heavy (non-hydrogen) atoms. The van der Waals surface area contributed by atoms with Gasteiger partial charge in [-0.05, 0) is 30.5 Å². The fourth-order valence-corrected chi connectivity index (χ4v) is 3.52. The fraction of sp³-hybridized carbons (Fsp3) is 0.263. The maximum atomic E-state index is 5.85. The number of hydrogen-bond acceptors (Lipinski definition) is 7. The van der Waals surface area contributed by atoms with Crippen LogP contribution in [0.3, 0.4) is 0 Å². The number of fused-ring (bicyclic) bond motifs is 1. The van der Waals surface area contributed by atoms with Gasteiger partial charge < -0.3 is 15.8 Å². The number of anilines is 2. The molecule has 0 saturated carbocycles. The third kappa shape index (κ3) is 3.05. The minimum Gasteiger partial charge on any atom is -0.381 e. The van der Waals surface area contributed by atoms with Gasteiger partial charge in [0.25, 0.3) is 0 Å². The maximum absolute atomic E-state index is 5.85. The van der Waals surface area contributed by atoms with E-state index in [2.05, 4.69) is 42.7 Å². The molecule has 1 fully saturated rings. The molecule has 4 N–H and O–H groups in total. The van der Waals surface area contributed by atoms with Crippen LogP contribution in [0.25, 0.3) is 28.2 Å². The van der Waals surface area contributed by atoms with Crippen LogP contribution in [0.4, 0.5) is 11.8 Å². The number of ether oxygens (including phenoxy) is 1. The second kappa shape index (κ2) is 6.93. The van der Waals surface area contributed by atoms with Crippen LogP contribution in [0.5, 0.6) is 0 Å². The molecule has 3 aromatic heterocycles. The molecule has 9 heteroatoms. The fourth-order valence-electron chi connectivity index (χ4n) is 3.52. The summed E-state index contributed by atoms with van der Waals surface area (Å²) in [6.07, 6.45) is 3.47. The molecule has 4 heterocycles. The Morgan fingerprint density at radius 1 is 1.07 bits per heavy atom. The average Bonchev–Trinajstić information content (AvgIpc) is 3.39. The van der Waals surface area contributed by atoms with E-state index in [4.69, 9.17) is 10.5 Å². The highest BCUT2D eigenvalue weighted by molar-refractivity contribution is 5.79. The molecule has 5 rings (SSSR count). The van der Waals surface area contributed by atoms with Gasteiger partial charge in [-0.15, -0.1) is 5.10 Å². The van der Waals surface area contributed by atoms with Crippen LogP contribution in [0.15, 0.2) is 42.7 Å². The van der Waals surface area contributed by atoms with Crippen molar-refractivity contribution in [1.29, 1.82) is 0 Å². The summed E-state index contributed by atoms with van der Waals surface area (Å²) >= 11 is 0. The van der Waals surface area contributed by atoms with Gasteiger partial charge in [-0.25, -0.2) is 4.98 Å². The summed E-state index contributed by atoms with van der Waals surface area (Å²) in [5.41, 5.74) is 9.61. The van der Waals surface area contributed by atoms with Gasteiger partial charge >= 0.3 is 0 Å². The summed E-state index contributed by atoms with van der Waals surface area (Å²) in [6.45, 7) is 1.52. The number of aromatic amines is 1. The monoisotopic (exact) mass is 376 g/mol. The first-order valence-corrected chi connectivity index (χ1v) is 9.24. The Kier molecular flexibility index (Phi) is 4.13. The van der Waals surface area contributed by atoms with E-state index in [1.54, 1.807) is 10.8 Å². The zero-order valence-corrected chi connectivity index (χ0v) is 15.2. The number of H-pyrrole nitrogens is 1. The van der Waals surface area contributed by atoms with Crippen LogP contribution >= 0.6 is 0 Å². The third-order valence-corrected chi connectivity index (χ3v) is 4.95. The molecule has 0 aliphatic carbocycles. The van der Waals surface area contributed by atoms with Crippen molar-refractivity contribution in [3.63, 3.8) is 0 Å². The van der Waals surface area contributed by atoms with Crippen LogP contribution in [0.1, 0.15) is 12.8 Å². The van der Waals surface area contributed by atoms with Crippen molar-refractivity contribution < 1.29 is 4.74 Å². The van der Waals surface area contributed by atoms with Crippen molar-refractivity contribution in [3.05, 3.63) is 42.7 Å². The van der Waals surface area contributed by atoms with E-state index in [1.165, 1.54) is 0 Å². The highest BCUT2D eigenvalue weighted by Gasteiger charge is 2.19. The lowest BCUT2D eigenvalue weighted by molar-refractivity contribution is 0.0903. The first kappa shape index (κ1) is 16.7. The number of benzene rings is 1. The zero-order valence-electron chi connectivity index (χ0n) is 15.2. The van der Waals surface area contributed by atoms with Crippen LogP contribution in [-0.2, 0) is 4.74 Å². The number of nitrogens with two attached hydrogens (primary N) is 1. The quantitative estimate of drug-likeness (QED) is 0.500. The van der Waals surface area contributed by atoms with E-state index in [9.17, 15) is 0 Å². The Hall–Kier alpha value is -3.46. The summed E-state index contributed by atoms with van der Waals surface area (Å²) in [4.78, 5) is 8.49. The standard InChI is InChI=1S/C19H20N8O/c20-19-24-16-6-5-15(12-1-3-13(4-2-12)17-21-11-22-25-17)18(27(16)26-19)23-14-7-9-28-10-8-14/h1-6,11,14,23H,7-10H2,(H2,20,26)(H,21,22,25). The molecule has 0 radical (unpaired) electrons. The van der Waals surface area contributed by atoms with E-state index in [0.29, 0.717) is 17.5 Å². The number of rotatable bonds is 4. The van der Waals surface area contributed by atoms with Crippen molar-refractivity contribution in [2.75, 3.05) is 24.3 Å². The minimum absolute atomic E-state index is 0.257. The van der Waals surface area contributed by atoms with Crippen molar-refractivity contribution >= 4 is 17.4 Å². The molecule has 1 aliphatic rings. The van der Waals surface area contributed by atoms with Crippen LogP contribution in [0.2, 0.25) is 0 Å². The molecule has 0 atom stereocenters. The Morgan fingerprint density at radius 3 is 2.61 bits per heavy atom. The van der Waals surface area contributed by atoms with Gasteiger partial charge in [-0.2, -0.15) is 14.6 Å². The topological polar surface area (TPSA) is 119 Å². The molecule has 9 nitrogen and oxygen atoms in total. The normalized spacial score (nSPS) is 15.1. The molecule has 0 unspecified atom stereocenters. The number of aromatic nitrogens is 6. The second-order valence-corrected chi connectivity index (χ2v) is 6.77. The first-order chi connectivity index (χ1) is 13.8. The lowest BCUT2D eigenvalue weighted by Gasteiger charge is -2.25. The van der Waals surface area contributed by atoms with Gasteiger partial charge in [0.2, 0.25) is 5.95 Å². The predicted molar refractivity (Wildman–Crippen MR) is 106 cm³/mol. The SMILES string of the molecule is Nc1nc2ccc(-c3ccc(-c4nc[nH]n4)cc3)c(NC3CCOCC3)n2n1. The van der Waals surface area contributed by atoms with E-state index < -0.39 is 0 Å². The molecular formula is C19H20N8O.